The molecule has 7 heteroatoms. The second kappa shape index (κ2) is 10.8. The third-order valence-corrected chi connectivity index (χ3v) is 6.19. The van der Waals surface area contributed by atoms with Gasteiger partial charge in [-0.2, -0.15) is 0 Å². The molecule has 0 bridgehead atoms. The first-order valence-corrected chi connectivity index (χ1v) is 11.8. The Labute approximate surface area is 207 Å². The second-order valence-corrected chi connectivity index (χ2v) is 8.91. The molecule has 0 spiro atoms. The van der Waals surface area contributed by atoms with Crippen LogP contribution in [-0.2, 0) is 20.7 Å². The van der Waals surface area contributed by atoms with Crippen molar-refractivity contribution >= 4 is 27.8 Å². The number of carbonyl (C=O) groups excluding carboxylic acids is 1. The van der Waals surface area contributed by atoms with Gasteiger partial charge in [-0.05, 0) is 47.5 Å². The molecule has 1 aliphatic rings. The number of hydrogen-bond donors (Lipinski definition) is 1. The maximum atomic E-state index is 13.3. The summed E-state index contributed by atoms with van der Waals surface area (Å²) in [5, 5.41) is 8.93. The van der Waals surface area contributed by atoms with E-state index in [1.54, 1.807) is 0 Å². The molecule has 176 valence electrons. The van der Waals surface area contributed by atoms with Crippen molar-refractivity contribution < 1.29 is 24.1 Å². The van der Waals surface area contributed by atoms with E-state index in [4.69, 9.17) is 24.3 Å². The van der Waals surface area contributed by atoms with Crippen LogP contribution in [0.2, 0.25) is 0 Å². The summed E-state index contributed by atoms with van der Waals surface area (Å²) < 4.78 is 18.2. The van der Waals surface area contributed by atoms with Gasteiger partial charge >= 0.3 is 5.97 Å². The lowest BCUT2D eigenvalue weighted by atomic mass is 9.83. The van der Waals surface area contributed by atoms with E-state index >= 15 is 0 Å². The van der Waals surface area contributed by atoms with Crippen molar-refractivity contribution in [3.05, 3.63) is 100 Å². The van der Waals surface area contributed by atoms with Crippen LogP contribution < -0.4 is 4.74 Å². The summed E-state index contributed by atoms with van der Waals surface area (Å²) in [5.41, 5.74) is 1.23. The van der Waals surface area contributed by atoms with Crippen LogP contribution in [0.5, 0.6) is 5.75 Å². The molecule has 1 N–H and O–H groups in total. The van der Waals surface area contributed by atoms with E-state index in [1.807, 2.05) is 78.9 Å². The Bertz CT molecular complexity index is 1130. The largest absolute Gasteiger partial charge is 0.494 e. The fourth-order valence-corrected chi connectivity index (χ4v) is 4.24. The van der Waals surface area contributed by atoms with E-state index < -0.39 is 17.6 Å². The Morgan fingerprint density at radius 3 is 2.41 bits per heavy atom. The molecule has 0 aliphatic carbocycles. The van der Waals surface area contributed by atoms with E-state index in [-0.39, 0.29) is 6.61 Å². The first-order chi connectivity index (χ1) is 16.6. The van der Waals surface area contributed by atoms with Crippen molar-refractivity contribution in [1.82, 2.24) is 0 Å². The monoisotopic (exact) mass is 523 g/mol. The number of aliphatic hydroxyl groups excluding tert-OH is 1. The highest BCUT2D eigenvalue weighted by Gasteiger charge is 2.54. The third kappa shape index (κ3) is 5.16. The zero-order valence-corrected chi connectivity index (χ0v) is 20.4. The average molecular weight is 524 g/mol. The molecular formula is C27H26BrNO5. The topological polar surface area (TPSA) is 77.4 Å². The van der Waals surface area contributed by atoms with Gasteiger partial charge in [0, 0.05) is 29.5 Å². The number of rotatable bonds is 9. The molecule has 3 aromatic rings. The Hall–Kier alpha value is -3.16. The molecule has 3 aromatic carbocycles. The highest BCUT2D eigenvalue weighted by molar-refractivity contribution is 9.10. The zero-order chi connectivity index (χ0) is 24.0. The Balaban J connectivity index is 1.73. The van der Waals surface area contributed by atoms with Gasteiger partial charge in [-0.15, -0.1) is 0 Å². The van der Waals surface area contributed by atoms with Gasteiger partial charge in [0.25, 0.3) is 0 Å². The number of methoxy groups -OCH3 is 1. The molecule has 0 fully saturated rings. The number of carbonyl (C=O) groups is 1. The number of hydrogen-bond acceptors (Lipinski definition) is 6. The summed E-state index contributed by atoms with van der Waals surface area (Å²) in [6, 6.07) is 24.8. The van der Waals surface area contributed by atoms with Crippen LogP contribution in [0.4, 0.5) is 0 Å². The minimum Gasteiger partial charge on any atom is -0.494 e. The first kappa shape index (κ1) is 24.0. The van der Waals surface area contributed by atoms with Crippen molar-refractivity contribution in [3.63, 3.8) is 0 Å². The number of aliphatic hydroxyl groups is 1. The lowest BCUT2D eigenvalue weighted by Gasteiger charge is -2.29. The lowest BCUT2D eigenvalue weighted by molar-refractivity contribution is -0.149. The van der Waals surface area contributed by atoms with Gasteiger partial charge in [-0.1, -0.05) is 58.4 Å². The molecule has 4 rings (SSSR count). The molecule has 34 heavy (non-hydrogen) atoms. The standard InChI is InChI=1S/C27H26BrNO5/c1-32-26(31)27(18-19-6-3-2-4-7-19)24(20-8-12-22(28)13-9-20)34-25(29-27)21-10-14-23(15-11-21)33-17-5-16-30/h2-4,6-15,24,30H,5,16-18H2,1H3/t24-,27-/m1/s1. The number of halogens is 1. The van der Waals surface area contributed by atoms with Gasteiger partial charge in [0.15, 0.2) is 6.10 Å². The van der Waals surface area contributed by atoms with Gasteiger partial charge < -0.3 is 19.3 Å². The molecule has 1 heterocycles. The van der Waals surface area contributed by atoms with Gasteiger partial charge in [0.05, 0.1) is 13.7 Å². The fraction of sp³-hybridized carbons (Fsp3) is 0.259. The third-order valence-electron chi connectivity index (χ3n) is 5.66. The molecule has 0 saturated carbocycles. The minimum atomic E-state index is -1.28. The smallest absolute Gasteiger partial charge is 0.338 e. The molecular weight excluding hydrogens is 498 g/mol. The SMILES string of the molecule is COC(=O)[C@]1(Cc2ccccc2)N=C(c2ccc(OCCCO)cc2)O[C@@H]1c1ccc(Br)cc1. The number of benzene rings is 3. The highest BCUT2D eigenvalue weighted by Crippen LogP contribution is 2.43. The average Bonchev–Trinajstić information content (AvgIpc) is 3.25. The first-order valence-electron chi connectivity index (χ1n) is 11.0. The van der Waals surface area contributed by atoms with E-state index in [0.29, 0.717) is 31.1 Å². The summed E-state index contributed by atoms with van der Waals surface area (Å²) in [7, 11) is 1.37. The van der Waals surface area contributed by atoms with Crippen molar-refractivity contribution in [2.45, 2.75) is 24.5 Å². The number of aliphatic imine (C=N–C) groups is 1. The maximum absolute atomic E-state index is 13.3. The van der Waals surface area contributed by atoms with Crippen LogP contribution >= 0.6 is 15.9 Å². The molecule has 1 aliphatic heterocycles. The lowest BCUT2D eigenvalue weighted by Crippen LogP contribution is -2.44. The quantitative estimate of drug-likeness (QED) is 0.319. The number of esters is 1. The van der Waals surface area contributed by atoms with E-state index in [1.165, 1.54) is 7.11 Å². The Morgan fingerprint density at radius 1 is 1.06 bits per heavy atom. The Kier molecular flexibility index (Phi) is 7.65. The number of ether oxygens (including phenoxy) is 3. The normalized spacial score (nSPS) is 19.3. The van der Waals surface area contributed by atoms with Gasteiger partial charge in [0.1, 0.15) is 5.75 Å². The van der Waals surface area contributed by atoms with E-state index in [0.717, 1.165) is 21.2 Å². The van der Waals surface area contributed by atoms with Crippen LogP contribution in [0.25, 0.3) is 0 Å². The molecule has 0 radical (unpaired) electrons. The molecule has 0 aromatic heterocycles. The second-order valence-electron chi connectivity index (χ2n) is 7.99. The minimum absolute atomic E-state index is 0.0806. The summed E-state index contributed by atoms with van der Waals surface area (Å²) >= 11 is 3.47. The molecule has 2 atom stereocenters. The van der Waals surface area contributed by atoms with Crippen LogP contribution in [-0.4, -0.2) is 42.8 Å². The summed E-state index contributed by atoms with van der Waals surface area (Å²) in [6.07, 6.45) is 0.226. The Morgan fingerprint density at radius 2 is 1.76 bits per heavy atom. The van der Waals surface area contributed by atoms with Crippen molar-refractivity contribution in [3.8, 4) is 5.75 Å². The molecule has 0 amide bonds. The predicted octanol–water partition coefficient (Wildman–Crippen LogP) is 4.88. The van der Waals surface area contributed by atoms with Gasteiger partial charge in [0.2, 0.25) is 11.4 Å². The van der Waals surface area contributed by atoms with Gasteiger partial charge in [-0.25, -0.2) is 9.79 Å². The van der Waals surface area contributed by atoms with Crippen LogP contribution in [0.3, 0.4) is 0 Å². The summed E-state index contributed by atoms with van der Waals surface area (Å²) in [6.45, 7) is 0.513. The highest BCUT2D eigenvalue weighted by atomic mass is 79.9. The fourth-order valence-electron chi connectivity index (χ4n) is 3.98. The van der Waals surface area contributed by atoms with Crippen molar-refractivity contribution in [2.75, 3.05) is 20.3 Å². The summed E-state index contributed by atoms with van der Waals surface area (Å²) in [4.78, 5) is 18.2. The molecule has 6 nitrogen and oxygen atoms in total. The number of nitrogens with zero attached hydrogens (tertiary/aromatic N) is 1. The van der Waals surface area contributed by atoms with Crippen LogP contribution in [0.15, 0.2) is 88.3 Å². The zero-order valence-electron chi connectivity index (χ0n) is 18.8. The van der Waals surface area contributed by atoms with Gasteiger partial charge in [-0.3, -0.25) is 0 Å². The van der Waals surface area contributed by atoms with Crippen molar-refractivity contribution in [2.24, 2.45) is 4.99 Å². The van der Waals surface area contributed by atoms with E-state index in [2.05, 4.69) is 15.9 Å². The van der Waals surface area contributed by atoms with Crippen LogP contribution in [0.1, 0.15) is 29.2 Å². The predicted molar refractivity (Wildman–Crippen MR) is 133 cm³/mol. The molecule has 0 saturated heterocycles. The maximum Gasteiger partial charge on any atom is 0.338 e. The summed E-state index contributed by atoms with van der Waals surface area (Å²) in [5.74, 6) is 0.600. The van der Waals surface area contributed by atoms with Crippen LogP contribution in [0, 0.1) is 0 Å². The van der Waals surface area contributed by atoms with Crippen molar-refractivity contribution in [1.29, 1.82) is 0 Å². The molecule has 0 unspecified atom stereocenters. The van der Waals surface area contributed by atoms with E-state index in [9.17, 15) is 4.79 Å².